The minimum absolute atomic E-state index is 0.119. The molecule has 1 aromatic heterocycles. The van der Waals surface area contributed by atoms with Crippen LogP contribution in [0.4, 0.5) is 0 Å². The normalized spacial score (nSPS) is 10.7. The molecule has 1 amide bonds. The molecule has 0 radical (unpaired) electrons. The summed E-state index contributed by atoms with van der Waals surface area (Å²) in [6.45, 7) is 0.119. The van der Waals surface area contributed by atoms with E-state index in [-0.39, 0.29) is 24.4 Å². The van der Waals surface area contributed by atoms with E-state index in [0.717, 1.165) is 11.3 Å². The SMILES string of the molecule is O=C(Cc1ccc(Oc2ccccc2)cc1)NCc1cc(Cl)cc2cc(C(=O)O)c(=O)[nH]c12. The summed E-state index contributed by atoms with van der Waals surface area (Å²) in [6, 6.07) is 21.1. The van der Waals surface area contributed by atoms with Gasteiger partial charge in [-0.05, 0) is 53.6 Å². The molecule has 166 valence electrons. The highest BCUT2D eigenvalue weighted by molar-refractivity contribution is 6.31. The molecular formula is C25H19ClN2O5. The molecule has 0 aliphatic rings. The number of benzene rings is 3. The van der Waals surface area contributed by atoms with Gasteiger partial charge in [0, 0.05) is 17.0 Å². The highest BCUT2D eigenvalue weighted by Crippen LogP contribution is 2.23. The van der Waals surface area contributed by atoms with Gasteiger partial charge in [0.15, 0.2) is 0 Å². The molecule has 7 nitrogen and oxygen atoms in total. The molecule has 0 bridgehead atoms. The van der Waals surface area contributed by atoms with E-state index in [9.17, 15) is 14.4 Å². The molecule has 3 aromatic carbocycles. The Morgan fingerprint density at radius 2 is 1.67 bits per heavy atom. The van der Waals surface area contributed by atoms with Crippen molar-refractivity contribution in [1.29, 1.82) is 0 Å². The molecule has 0 saturated carbocycles. The Kier molecular flexibility index (Phi) is 6.42. The topological polar surface area (TPSA) is 108 Å². The number of carboxylic acid groups (broad SMARTS) is 1. The monoisotopic (exact) mass is 462 g/mol. The second-order valence-corrected chi connectivity index (χ2v) is 7.80. The summed E-state index contributed by atoms with van der Waals surface area (Å²) in [5.74, 6) is -0.150. The van der Waals surface area contributed by atoms with Crippen molar-refractivity contribution in [3.63, 3.8) is 0 Å². The fourth-order valence-electron chi connectivity index (χ4n) is 3.39. The van der Waals surface area contributed by atoms with Gasteiger partial charge in [-0.15, -0.1) is 0 Å². The van der Waals surface area contributed by atoms with Crippen LogP contribution in [-0.4, -0.2) is 22.0 Å². The summed E-state index contributed by atoms with van der Waals surface area (Å²) >= 11 is 6.15. The number of para-hydroxylation sites is 1. The number of carboxylic acids is 1. The molecule has 8 heteroatoms. The van der Waals surface area contributed by atoms with E-state index in [4.69, 9.17) is 21.4 Å². The Labute approximate surface area is 193 Å². The Morgan fingerprint density at radius 3 is 2.36 bits per heavy atom. The first kappa shape index (κ1) is 22.1. The van der Waals surface area contributed by atoms with Crippen LogP contribution in [0, 0.1) is 0 Å². The standard InChI is InChI=1S/C25H19ClN2O5/c26-18-11-16-13-21(25(31)32)24(30)28-23(16)17(12-18)14-27-22(29)10-15-6-8-20(9-7-15)33-19-4-2-1-3-5-19/h1-9,11-13H,10,14H2,(H,27,29)(H,28,30)(H,31,32). The van der Waals surface area contributed by atoms with Gasteiger partial charge >= 0.3 is 5.97 Å². The number of nitrogens with one attached hydrogen (secondary N) is 2. The molecule has 0 spiro atoms. The summed E-state index contributed by atoms with van der Waals surface area (Å²) in [4.78, 5) is 38.3. The number of hydrogen-bond acceptors (Lipinski definition) is 4. The molecule has 0 atom stereocenters. The van der Waals surface area contributed by atoms with E-state index in [2.05, 4.69) is 10.3 Å². The van der Waals surface area contributed by atoms with Crippen LogP contribution < -0.4 is 15.6 Å². The zero-order chi connectivity index (χ0) is 23.4. The lowest BCUT2D eigenvalue weighted by Gasteiger charge is -2.10. The number of hydrogen-bond donors (Lipinski definition) is 3. The lowest BCUT2D eigenvalue weighted by Crippen LogP contribution is -2.25. The van der Waals surface area contributed by atoms with Gasteiger partial charge in [-0.1, -0.05) is 41.9 Å². The van der Waals surface area contributed by atoms with Crippen molar-refractivity contribution in [2.45, 2.75) is 13.0 Å². The second-order valence-electron chi connectivity index (χ2n) is 7.36. The molecule has 4 aromatic rings. The fraction of sp³-hybridized carbons (Fsp3) is 0.0800. The number of halogens is 1. The van der Waals surface area contributed by atoms with Crippen molar-refractivity contribution >= 4 is 34.4 Å². The average molecular weight is 463 g/mol. The van der Waals surface area contributed by atoms with E-state index in [0.29, 0.717) is 27.2 Å². The average Bonchev–Trinajstić information content (AvgIpc) is 2.79. The maximum atomic E-state index is 12.5. The number of rotatable bonds is 7. The number of carbonyl (C=O) groups is 2. The number of fused-ring (bicyclic) bond motifs is 1. The third kappa shape index (κ3) is 5.39. The molecular weight excluding hydrogens is 444 g/mol. The first-order valence-electron chi connectivity index (χ1n) is 10.1. The van der Waals surface area contributed by atoms with Gasteiger partial charge in [0.25, 0.3) is 5.56 Å². The molecule has 3 N–H and O–H groups in total. The maximum Gasteiger partial charge on any atom is 0.341 e. The van der Waals surface area contributed by atoms with Crippen LogP contribution in [0.15, 0.2) is 77.6 Å². The molecule has 0 fully saturated rings. The van der Waals surface area contributed by atoms with Crippen LogP contribution in [0.25, 0.3) is 10.9 Å². The summed E-state index contributed by atoms with van der Waals surface area (Å²) < 4.78 is 5.75. The molecule has 1 heterocycles. The highest BCUT2D eigenvalue weighted by Gasteiger charge is 2.13. The van der Waals surface area contributed by atoms with Gasteiger partial charge in [-0.3, -0.25) is 9.59 Å². The molecule has 0 aliphatic carbocycles. The summed E-state index contributed by atoms with van der Waals surface area (Å²) in [7, 11) is 0. The number of aromatic nitrogens is 1. The van der Waals surface area contributed by atoms with Gasteiger partial charge in [0.05, 0.1) is 11.9 Å². The van der Waals surface area contributed by atoms with Crippen molar-refractivity contribution in [3.05, 3.63) is 105 Å². The zero-order valence-electron chi connectivity index (χ0n) is 17.3. The van der Waals surface area contributed by atoms with Crippen LogP contribution in [0.5, 0.6) is 11.5 Å². The van der Waals surface area contributed by atoms with Crippen LogP contribution in [0.1, 0.15) is 21.5 Å². The molecule has 0 aliphatic heterocycles. The van der Waals surface area contributed by atoms with Crippen LogP contribution in [0.3, 0.4) is 0 Å². The summed E-state index contributed by atoms with van der Waals surface area (Å²) in [5, 5.41) is 12.8. The van der Waals surface area contributed by atoms with Crippen molar-refractivity contribution in [2.24, 2.45) is 0 Å². The quantitative estimate of drug-likeness (QED) is 0.374. The second kappa shape index (κ2) is 9.58. The molecule has 0 saturated heterocycles. The molecule has 4 rings (SSSR count). The number of aromatic amines is 1. The van der Waals surface area contributed by atoms with E-state index in [1.54, 1.807) is 24.3 Å². The third-order valence-electron chi connectivity index (χ3n) is 4.97. The number of amides is 1. The number of carbonyl (C=O) groups excluding carboxylic acids is 1. The fourth-order valence-corrected chi connectivity index (χ4v) is 3.64. The largest absolute Gasteiger partial charge is 0.477 e. The molecule has 0 unspecified atom stereocenters. The zero-order valence-corrected chi connectivity index (χ0v) is 18.1. The lowest BCUT2D eigenvalue weighted by molar-refractivity contribution is -0.120. The smallest absolute Gasteiger partial charge is 0.341 e. The van der Waals surface area contributed by atoms with Crippen LogP contribution in [-0.2, 0) is 17.8 Å². The predicted molar refractivity (Wildman–Crippen MR) is 125 cm³/mol. The van der Waals surface area contributed by atoms with Gasteiger partial charge in [0.1, 0.15) is 17.1 Å². The van der Waals surface area contributed by atoms with E-state index in [1.807, 2.05) is 42.5 Å². The number of aromatic carboxylic acids is 1. The number of H-pyrrole nitrogens is 1. The van der Waals surface area contributed by atoms with E-state index in [1.165, 1.54) is 6.07 Å². The van der Waals surface area contributed by atoms with Crippen molar-refractivity contribution < 1.29 is 19.4 Å². The van der Waals surface area contributed by atoms with Crippen molar-refractivity contribution in [1.82, 2.24) is 10.3 Å². The van der Waals surface area contributed by atoms with Crippen molar-refractivity contribution in [3.8, 4) is 11.5 Å². The predicted octanol–water partition coefficient (Wildman–Crippen LogP) is 4.53. The first-order chi connectivity index (χ1) is 15.9. The van der Waals surface area contributed by atoms with Gasteiger partial charge in [-0.2, -0.15) is 0 Å². The first-order valence-corrected chi connectivity index (χ1v) is 10.4. The lowest BCUT2D eigenvalue weighted by atomic mass is 10.1. The van der Waals surface area contributed by atoms with Crippen molar-refractivity contribution in [2.75, 3.05) is 0 Å². The Bertz CT molecular complexity index is 1380. The minimum Gasteiger partial charge on any atom is -0.477 e. The Balaban J connectivity index is 1.43. The van der Waals surface area contributed by atoms with Gasteiger partial charge in [0.2, 0.25) is 5.91 Å². The van der Waals surface area contributed by atoms with Gasteiger partial charge < -0.3 is 20.1 Å². The Hall–Kier alpha value is -4.10. The van der Waals surface area contributed by atoms with Gasteiger partial charge in [-0.25, -0.2) is 4.79 Å². The van der Waals surface area contributed by atoms with E-state index >= 15 is 0 Å². The summed E-state index contributed by atoms with van der Waals surface area (Å²) in [5.41, 5.74) is 0.717. The highest BCUT2D eigenvalue weighted by atomic mass is 35.5. The number of ether oxygens (including phenoxy) is 1. The minimum atomic E-state index is -1.33. The summed E-state index contributed by atoms with van der Waals surface area (Å²) in [6.07, 6.45) is 0.157. The van der Waals surface area contributed by atoms with Crippen LogP contribution in [0.2, 0.25) is 5.02 Å². The van der Waals surface area contributed by atoms with Crippen LogP contribution >= 0.6 is 11.6 Å². The third-order valence-corrected chi connectivity index (χ3v) is 5.19. The Morgan fingerprint density at radius 1 is 0.970 bits per heavy atom. The molecule has 33 heavy (non-hydrogen) atoms. The maximum absolute atomic E-state index is 12.5. The van der Waals surface area contributed by atoms with E-state index < -0.39 is 11.5 Å². The number of pyridine rings is 1.